The van der Waals surface area contributed by atoms with E-state index < -0.39 is 5.56 Å². The minimum Gasteiger partial charge on any atom is -0.802 e. The summed E-state index contributed by atoms with van der Waals surface area (Å²) in [6, 6.07) is 0. The Morgan fingerprint density at radius 3 is 3.18 bits per heavy atom. The summed E-state index contributed by atoms with van der Waals surface area (Å²) in [4.78, 5) is 20.8. The van der Waals surface area contributed by atoms with Crippen LogP contribution in [0.5, 0.6) is 0 Å². The number of imidazole rings is 1. The van der Waals surface area contributed by atoms with Crippen LogP contribution in [0.25, 0.3) is 11.2 Å². The molecule has 6 heteroatoms. The van der Waals surface area contributed by atoms with Gasteiger partial charge < -0.3 is 14.9 Å². The summed E-state index contributed by atoms with van der Waals surface area (Å²) >= 11 is 0. The predicted octanol–water partition coefficient (Wildman–Crippen LogP) is -0.534. The first-order valence-corrected chi connectivity index (χ1v) is 2.87. The zero-order chi connectivity index (χ0) is 7.84. The first-order chi connectivity index (χ1) is 5.29. The van der Waals surface area contributed by atoms with E-state index in [1.54, 1.807) is 0 Å². The van der Waals surface area contributed by atoms with E-state index in [1.165, 1.54) is 6.33 Å². The molecule has 2 rings (SSSR count). The number of nitrogens with one attached hydrogen (secondary N) is 1. The highest BCUT2D eigenvalue weighted by molar-refractivity contribution is 5.67. The molecule has 0 unspecified atom stereocenters. The van der Waals surface area contributed by atoms with Crippen LogP contribution >= 0.6 is 0 Å². The van der Waals surface area contributed by atoms with Crippen molar-refractivity contribution in [3.63, 3.8) is 0 Å². The molecule has 0 saturated carbocycles. The largest absolute Gasteiger partial charge is 0.802 e. The van der Waals surface area contributed by atoms with Crippen molar-refractivity contribution in [2.24, 2.45) is 0 Å². The van der Waals surface area contributed by atoms with Crippen LogP contribution in [-0.2, 0) is 0 Å². The Balaban J connectivity index is 3.05. The van der Waals surface area contributed by atoms with Gasteiger partial charge in [0.1, 0.15) is 0 Å². The normalized spacial score (nSPS) is 10.5. The van der Waals surface area contributed by atoms with Gasteiger partial charge in [0.25, 0.3) is 5.56 Å². The topological polar surface area (TPSA) is 86.6 Å². The maximum absolute atomic E-state index is 10.9. The van der Waals surface area contributed by atoms with Gasteiger partial charge in [-0.15, -0.1) is 0 Å². The molecule has 0 radical (unpaired) electrons. The maximum atomic E-state index is 10.9. The van der Waals surface area contributed by atoms with E-state index in [0.29, 0.717) is 0 Å². The molecule has 0 aliphatic rings. The van der Waals surface area contributed by atoms with Gasteiger partial charge in [0.05, 0.1) is 12.7 Å². The number of fused-ring (bicyclic) bond motifs is 1. The minimum absolute atomic E-state index is 0.141. The molecule has 0 saturated heterocycles. The maximum Gasteiger partial charge on any atom is 0.274 e. The molecule has 0 fully saturated rings. The van der Waals surface area contributed by atoms with E-state index in [-0.39, 0.29) is 15.9 Å². The van der Waals surface area contributed by atoms with Crippen LogP contribution in [0.15, 0.2) is 17.4 Å². The van der Waals surface area contributed by atoms with E-state index in [4.69, 9.17) is 0 Å². The molecule has 0 aliphatic heterocycles. The van der Waals surface area contributed by atoms with E-state index in [0.717, 1.165) is 6.33 Å². The van der Waals surface area contributed by atoms with Gasteiger partial charge in [-0.3, -0.25) is 4.79 Å². The Morgan fingerprint density at radius 2 is 2.36 bits per heavy atom. The quantitative estimate of drug-likeness (QED) is 0.548. The molecule has 6 nitrogen and oxygen atoms in total. The second kappa shape index (κ2) is 1.82. The summed E-state index contributed by atoms with van der Waals surface area (Å²) in [6.07, 6.45) is 2.21. The molecule has 2 aromatic rings. The molecular weight excluding hydrogens is 148 g/mol. The van der Waals surface area contributed by atoms with Crippen molar-refractivity contribution in [1.29, 1.82) is 0 Å². The number of H-pyrrole nitrogens is 1. The zero-order valence-corrected chi connectivity index (χ0v) is 5.31. The van der Waals surface area contributed by atoms with Crippen molar-refractivity contribution >= 4 is 11.2 Å². The van der Waals surface area contributed by atoms with Crippen molar-refractivity contribution < 1.29 is 0 Å². The lowest BCUT2D eigenvalue weighted by molar-refractivity contribution is 0.968. The molecule has 2 aromatic heterocycles. The van der Waals surface area contributed by atoms with Gasteiger partial charge in [-0.1, -0.05) is 0 Å². The van der Waals surface area contributed by atoms with E-state index >= 15 is 0 Å². The average Bonchev–Trinajstić information content (AvgIpc) is 2.45. The van der Waals surface area contributed by atoms with Crippen LogP contribution < -0.4 is 5.56 Å². The third-order valence-corrected chi connectivity index (χ3v) is 1.32. The molecule has 0 bridgehead atoms. The third kappa shape index (κ3) is 0.689. The lowest BCUT2D eigenvalue weighted by Crippen LogP contribution is -2.15. The van der Waals surface area contributed by atoms with Gasteiger partial charge in [-0.2, -0.15) is 0 Å². The van der Waals surface area contributed by atoms with Crippen molar-refractivity contribution in [1.82, 2.24) is 19.7 Å². The molecule has 56 valence electrons. The number of aromatic amines is 1. The van der Waals surface area contributed by atoms with E-state index in [2.05, 4.69) is 15.0 Å². The summed E-state index contributed by atoms with van der Waals surface area (Å²) in [7, 11) is 0. The smallest absolute Gasteiger partial charge is 0.274 e. The highest BCUT2D eigenvalue weighted by atomic mass is 16.5. The highest BCUT2D eigenvalue weighted by Gasteiger charge is 1.99. The average molecular weight is 151 g/mol. The first kappa shape index (κ1) is 5.90. The Kier molecular flexibility index (Phi) is 0.974. The van der Waals surface area contributed by atoms with Crippen LogP contribution in [0.3, 0.4) is 0 Å². The predicted molar refractivity (Wildman–Crippen MR) is 36.9 cm³/mol. The van der Waals surface area contributed by atoms with Gasteiger partial charge in [0, 0.05) is 0 Å². The van der Waals surface area contributed by atoms with Crippen LogP contribution in [0.2, 0.25) is 0 Å². The second-order valence-electron chi connectivity index (χ2n) is 1.98. The monoisotopic (exact) mass is 151 g/mol. The lowest BCUT2D eigenvalue weighted by Gasteiger charge is -2.04. The number of aromatic nitrogens is 4. The number of rotatable bonds is 0. The molecule has 0 aliphatic carbocycles. The third-order valence-electron chi connectivity index (χ3n) is 1.32. The van der Waals surface area contributed by atoms with Crippen LogP contribution in [0, 0.1) is 5.21 Å². The minimum atomic E-state index is -0.660. The van der Waals surface area contributed by atoms with Gasteiger partial charge in [-0.25, -0.2) is 9.97 Å². The van der Waals surface area contributed by atoms with Crippen molar-refractivity contribution in [3.05, 3.63) is 28.2 Å². The van der Waals surface area contributed by atoms with Crippen molar-refractivity contribution in [2.45, 2.75) is 0 Å². The summed E-state index contributed by atoms with van der Waals surface area (Å²) in [6.45, 7) is 0. The van der Waals surface area contributed by atoms with Gasteiger partial charge in [0.2, 0.25) is 0 Å². The zero-order valence-electron chi connectivity index (χ0n) is 5.31. The Bertz CT molecular complexity index is 443. The summed E-state index contributed by atoms with van der Waals surface area (Å²) < 4.78 is 0.153. The molecule has 11 heavy (non-hydrogen) atoms. The number of nitrogens with zero attached hydrogens (tertiary/aromatic N) is 3. The second-order valence-corrected chi connectivity index (χ2v) is 1.98. The molecule has 1 N–H and O–H groups in total. The molecule has 0 aromatic carbocycles. The Hall–Kier alpha value is -1.85. The van der Waals surface area contributed by atoms with Crippen molar-refractivity contribution in [3.8, 4) is 0 Å². The number of hydrogen-bond acceptors (Lipinski definition) is 4. The molecular formula is C5H3N4O2-. The van der Waals surface area contributed by atoms with Gasteiger partial charge in [0.15, 0.2) is 11.2 Å². The fraction of sp³-hybridized carbons (Fsp3) is 0. The fourth-order valence-corrected chi connectivity index (χ4v) is 0.812. The Morgan fingerprint density at radius 1 is 1.55 bits per heavy atom. The van der Waals surface area contributed by atoms with Gasteiger partial charge in [-0.05, 0) is 0 Å². The number of hydrogen-bond donors (Lipinski definition) is 1. The summed E-state index contributed by atoms with van der Waals surface area (Å²) in [5.41, 5.74) is -0.253. The van der Waals surface area contributed by atoms with E-state index in [1.807, 2.05) is 0 Å². The molecule has 0 amide bonds. The molecule has 0 atom stereocenters. The van der Waals surface area contributed by atoms with Crippen LogP contribution in [-0.4, -0.2) is 19.7 Å². The summed E-state index contributed by atoms with van der Waals surface area (Å²) in [5, 5.41) is 10.6. The lowest BCUT2D eigenvalue weighted by atomic mass is 10.5. The van der Waals surface area contributed by atoms with Crippen LogP contribution in [0.4, 0.5) is 0 Å². The summed E-state index contributed by atoms with van der Waals surface area (Å²) in [5.74, 6) is 0. The Labute approximate surface area is 60.1 Å². The first-order valence-electron chi connectivity index (χ1n) is 2.87. The van der Waals surface area contributed by atoms with E-state index in [9.17, 15) is 10.0 Å². The molecule has 2 heterocycles. The highest BCUT2D eigenvalue weighted by Crippen LogP contribution is 1.95. The SMILES string of the molecule is O=c1c2[nH]cnc2ncn1[O-]. The molecule has 0 spiro atoms. The fourth-order valence-electron chi connectivity index (χ4n) is 0.812. The standard InChI is InChI=1S/C5H3N4O2/c10-5-3-4(7-1-6-3)8-2-9(5)11/h1-2H,(H,6,7)/q-1. The van der Waals surface area contributed by atoms with Gasteiger partial charge >= 0.3 is 0 Å². The van der Waals surface area contributed by atoms with Crippen LogP contribution in [0.1, 0.15) is 0 Å². The van der Waals surface area contributed by atoms with Crippen molar-refractivity contribution in [2.75, 3.05) is 0 Å².